The van der Waals surface area contributed by atoms with Crippen molar-refractivity contribution in [2.24, 2.45) is 22.7 Å². The Balaban J connectivity index is 1.80. The summed E-state index contributed by atoms with van der Waals surface area (Å²) in [6.45, 7) is 6.96. The molecule has 2 unspecified atom stereocenters. The summed E-state index contributed by atoms with van der Waals surface area (Å²) < 4.78 is 45.4. The summed E-state index contributed by atoms with van der Waals surface area (Å²) in [5, 5.41) is 0. The number of aliphatic imine (C=N–C) groups is 1. The van der Waals surface area contributed by atoms with Gasteiger partial charge in [-0.1, -0.05) is 51.5 Å². The van der Waals surface area contributed by atoms with Gasteiger partial charge in [-0.25, -0.2) is 4.39 Å². The maximum Gasteiger partial charge on any atom is 0.394 e. The molecule has 6 heteroatoms. The van der Waals surface area contributed by atoms with Gasteiger partial charge in [0.25, 0.3) is 0 Å². The Bertz CT molecular complexity index is 1070. The zero-order valence-electron chi connectivity index (χ0n) is 20.9. The monoisotopic (exact) mass is 485 g/mol. The molecule has 1 aliphatic heterocycles. The van der Waals surface area contributed by atoms with Gasteiger partial charge in [0.15, 0.2) is 5.78 Å². The van der Waals surface area contributed by atoms with E-state index in [0.717, 1.165) is 24.8 Å². The topological polar surface area (TPSA) is 38.7 Å². The van der Waals surface area contributed by atoms with Crippen LogP contribution in [-0.2, 0) is 11.2 Å². The van der Waals surface area contributed by atoms with Crippen LogP contribution in [0.5, 0.6) is 5.75 Å². The third-order valence-electron chi connectivity index (χ3n) is 6.05. The van der Waals surface area contributed by atoms with Gasteiger partial charge in [-0.15, -0.1) is 0 Å². The van der Waals surface area contributed by atoms with E-state index in [9.17, 15) is 18.0 Å². The molecule has 0 aromatic heterocycles. The van der Waals surface area contributed by atoms with Crippen molar-refractivity contribution in [3.8, 4) is 16.9 Å². The summed E-state index contributed by atoms with van der Waals surface area (Å²) in [5.41, 5.74) is 2.26. The van der Waals surface area contributed by atoms with Crippen LogP contribution in [0.1, 0.15) is 58.9 Å². The van der Waals surface area contributed by atoms with Gasteiger partial charge in [0, 0.05) is 24.6 Å². The molecule has 2 atom stereocenters. The van der Waals surface area contributed by atoms with Crippen molar-refractivity contribution in [2.45, 2.75) is 65.9 Å². The molecule has 3 nitrogen and oxygen atoms in total. The van der Waals surface area contributed by atoms with Crippen LogP contribution in [0, 0.1) is 23.6 Å². The molecule has 0 N–H and O–H groups in total. The van der Waals surface area contributed by atoms with E-state index < -0.39 is 11.9 Å². The maximum atomic E-state index is 14.7. The zero-order chi connectivity index (χ0) is 25.6. The molecule has 0 amide bonds. The molecule has 1 heterocycles. The van der Waals surface area contributed by atoms with Crippen molar-refractivity contribution in [2.75, 3.05) is 0 Å². The number of carbonyl (C=O) groups is 1. The maximum absolute atomic E-state index is 14.7. The van der Waals surface area contributed by atoms with E-state index in [1.54, 1.807) is 24.3 Å². The van der Waals surface area contributed by atoms with Crippen LogP contribution in [0.2, 0.25) is 0 Å². The summed E-state index contributed by atoms with van der Waals surface area (Å²) in [5.74, 6) is 0.0495. The van der Waals surface area contributed by atoms with E-state index in [-0.39, 0.29) is 17.5 Å². The highest BCUT2D eigenvalue weighted by atomic mass is 19.3. The number of benzene rings is 2. The minimum Gasteiger partial charge on any atom is -0.433 e. The highest BCUT2D eigenvalue weighted by Crippen LogP contribution is 2.30. The number of hydrogen-bond donors (Lipinski definition) is 0. The van der Waals surface area contributed by atoms with Gasteiger partial charge in [-0.05, 0) is 72.9 Å². The van der Waals surface area contributed by atoms with Crippen LogP contribution in [-0.4, -0.2) is 18.1 Å². The summed E-state index contributed by atoms with van der Waals surface area (Å²) in [6.07, 6.45) is 4.71. The normalized spacial score (nSPS) is 16.8. The number of carbonyl (C=O) groups excluding carboxylic acids is 1. The molecule has 0 fully saturated rings. The van der Waals surface area contributed by atoms with Gasteiger partial charge in [-0.2, -0.15) is 8.78 Å². The van der Waals surface area contributed by atoms with Crippen molar-refractivity contribution in [3.63, 3.8) is 0 Å². The molecule has 2 aromatic carbocycles. The Hall–Kier alpha value is -2.89. The van der Waals surface area contributed by atoms with Crippen LogP contribution in [0.3, 0.4) is 0 Å². The second-order valence-corrected chi connectivity index (χ2v) is 9.80. The van der Waals surface area contributed by atoms with E-state index in [2.05, 4.69) is 30.5 Å². The predicted molar refractivity (Wildman–Crippen MR) is 134 cm³/mol. The lowest BCUT2D eigenvalue weighted by atomic mass is 9.85. The van der Waals surface area contributed by atoms with Gasteiger partial charge < -0.3 is 4.74 Å². The third kappa shape index (κ3) is 7.81. The largest absolute Gasteiger partial charge is 0.433 e. The first-order valence-electron chi connectivity index (χ1n) is 12.3. The number of allylic oxidation sites excluding steroid dienone is 2. The summed E-state index contributed by atoms with van der Waals surface area (Å²) >= 11 is 0. The van der Waals surface area contributed by atoms with Gasteiger partial charge >= 0.3 is 6.11 Å². The number of alkyl halides is 2. The highest BCUT2D eigenvalue weighted by Gasteiger charge is 2.26. The molecular weight excluding hydrogens is 451 g/mol. The molecule has 0 aliphatic carbocycles. The average molecular weight is 486 g/mol. The molecule has 35 heavy (non-hydrogen) atoms. The second-order valence-electron chi connectivity index (χ2n) is 9.80. The standard InChI is InChI=1S/C29H34F3NO2/c1-5-6-20-8-14-27(33-18-20)28(34)23(15-19(2)3)16-21-7-13-26(30)25(17-21)22-9-11-24(12-10-22)35-29(4,31)32/h7,9-14,17-20,23H,5-6,8,15-16H2,1-4H3. The first-order valence-corrected chi connectivity index (χ1v) is 12.3. The predicted octanol–water partition coefficient (Wildman–Crippen LogP) is 8.03. The lowest BCUT2D eigenvalue weighted by Gasteiger charge is -2.21. The van der Waals surface area contributed by atoms with Gasteiger partial charge in [0.2, 0.25) is 0 Å². The fraction of sp³-hybridized carbons (Fsp3) is 0.448. The minimum atomic E-state index is -3.29. The van der Waals surface area contributed by atoms with Gasteiger partial charge in [0.1, 0.15) is 17.3 Å². The molecule has 0 saturated carbocycles. The van der Waals surface area contributed by atoms with E-state index in [1.165, 1.54) is 18.2 Å². The van der Waals surface area contributed by atoms with Crippen molar-refractivity contribution in [1.29, 1.82) is 0 Å². The number of Topliss-reactive ketones (excluding diaryl/α,β-unsaturated/α-hetero) is 1. The first kappa shape index (κ1) is 26.7. The zero-order valence-corrected chi connectivity index (χ0v) is 20.9. The lowest BCUT2D eigenvalue weighted by molar-refractivity contribution is -0.158. The summed E-state index contributed by atoms with van der Waals surface area (Å²) in [4.78, 5) is 17.8. The number of nitrogens with zero attached hydrogens (tertiary/aromatic N) is 1. The molecule has 188 valence electrons. The van der Waals surface area contributed by atoms with E-state index in [0.29, 0.717) is 48.4 Å². The molecule has 0 bridgehead atoms. The van der Waals surface area contributed by atoms with Gasteiger partial charge in [-0.3, -0.25) is 9.79 Å². The molecule has 0 radical (unpaired) electrons. The molecule has 0 spiro atoms. The van der Waals surface area contributed by atoms with E-state index in [1.807, 2.05) is 12.3 Å². The van der Waals surface area contributed by atoms with E-state index in [4.69, 9.17) is 0 Å². The van der Waals surface area contributed by atoms with Crippen molar-refractivity contribution in [1.82, 2.24) is 0 Å². The van der Waals surface area contributed by atoms with Crippen LogP contribution >= 0.6 is 0 Å². The lowest BCUT2D eigenvalue weighted by Crippen LogP contribution is -2.22. The second kappa shape index (κ2) is 11.7. The fourth-order valence-corrected chi connectivity index (χ4v) is 4.47. The Kier molecular flexibility index (Phi) is 8.92. The molecule has 1 aliphatic rings. The van der Waals surface area contributed by atoms with Crippen LogP contribution in [0.15, 0.2) is 59.2 Å². The Morgan fingerprint density at radius 2 is 1.89 bits per heavy atom. The number of hydrogen-bond acceptors (Lipinski definition) is 3. The van der Waals surface area contributed by atoms with Crippen molar-refractivity contribution in [3.05, 3.63) is 65.6 Å². The Morgan fingerprint density at radius 1 is 1.17 bits per heavy atom. The van der Waals surface area contributed by atoms with Crippen molar-refractivity contribution < 1.29 is 22.7 Å². The minimum absolute atomic E-state index is 0.00268. The SMILES string of the molecule is CCCC1C=NC(C(=O)C(Cc2ccc(F)c(-c3ccc(OC(C)(F)F)cc3)c2)CC(C)C)=CC1. The fourth-order valence-electron chi connectivity index (χ4n) is 4.47. The third-order valence-corrected chi connectivity index (χ3v) is 6.05. The number of halogens is 3. The molecule has 2 aromatic rings. The summed E-state index contributed by atoms with van der Waals surface area (Å²) in [6, 6.07) is 10.7. The number of rotatable bonds is 11. The van der Waals surface area contributed by atoms with E-state index >= 15 is 0 Å². The smallest absolute Gasteiger partial charge is 0.394 e. The highest BCUT2D eigenvalue weighted by molar-refractivity contribution is 5.98. The van der Waals surface area contributed by atoms with Crippen LogP contribution < -0.4 is 4.74 Å². The Labute approximate surface area is 206 Å². The van der Waals surface area contributed by atoms with Gasteiger partial charge in [0.05, 0.1) is 0 Å². The average Bonchev–Trinajstić information content (AvgIpc) is 2.79. The first-order chi connectivity index (χ1) is 16.6. The molecule has 0 saturated heterocycles. The van der Waals surface area contributed by atoms with Crippen LogP contribution in [0.4, 0.5) is 13.2 Å². The van der Waals surface area contributed by atoms with Crippen molar-refractivity contribution >= 4 is 12.0 Å². The quantitative estimate of drug-likeness (QED) is 0.323. The summed E-state index contributed by atoms with van der Waals surface area (Å²) in [7, 11) is 0. The molecule has 3 rings (SSSR count). The van der Waals surface area contributed by atoms with Crippen LogP contribution in [0.25, 0.3) is 11.1 Å². The Morgan fingerprint density at radius 3 is 2.46 bits per heavy atom. The molecular formula is C29H34F3NO2. The number of ether oxygens (including phenoxy) is 1. The number of ketones is 1.